The van der Waals surface area contributed by atoms with Crippen molar-refractivity contribution in [2.24, 2.45) is 0 Å². The average molecular weight is 325 g/mol. The molecule has 0 amide bonds. The Morgan fingerprint density at radius 2 is 1.67 bits per heavy atom. The van der Waals surface area contributed by atoms with E-state index in [1.54, 1.807) is 6.07 Å². The van der Waals surface area contributed by atoms with Crippen molar-refractivity contribution in [3.63, 3.8) is 0 Å². The second-order valence-corrected chi connectivity index (χ2v) is 7.57. The Labute approximate surface area is 130 Å². The van der Waals surface area contributed by atoms with E-state index in [-0.39, 0.29) is 10.6 Å². The van der Waals surface area contributed by atoms with Gasteiger partial charge in [-0.2, -0.15) is 0 Å². The maximum absolute atomic E-state index is 12.3. The van der Waals surface area contributed by atoms with Crippen LogP contribution in [0, 0.1) is 13.8 Å². The first-order valence-corrected chi connectivity index (χ1v) is 8.56. The Morgan fingerprint density at radius 1 is 1.05 bits per heavy atom. The van der Waals surface area contributed by atoms with Gasteiger partial charge >= 0.3 is 0 Å². The van der Waals surface area contributed by atoms with Crippen LogP contribution in [0.5, 0.6) is 0 Å². The maximum Gasteiger partial charge on any atom is 0.181 e. The van der Waals surface area contributed by atoms with Crippen LogP contribution in [-0.2, 0) is 9.84 Å². The molecule has 2 aromatic rings. The number of aliphatic hydroxyl groups is 1. The standard InChI is InChI=1S/C16H17ClO3S/c1-11-3-4-13(9-12(11)2)16(18)10-21(19,20)15-7-5-14(17)6-8-15/h3-9,16,18H,10H2,1-2H3. The fourth-order valence-electron chi connectivity index (χ4n) is 2.01. The monoisotopic (exact) mass is 324 g/mol. The molecule has 0 aliphatic carbocycles. The van der Waals surface area contributed by atoms with Gasteiger partial charge in [-0.05, 0) is 54.8 Å². The summed E-state index contributed by atoms with van der Waals surface area (Å²) in [6.45, 7) is 3.90. The Balaban J connectivity index is 2.23. The van der Waals surface area contributed by atoms with Crippen LogP contribution in [0.25, 0.3) is 0 Å². The first-order valence-electron chi connectivity index (χ1n) is 6.53. The third-order valence-electron chi connectivity index (χ3n) is 3.47. The minimum atomic E-state index is -3.56. The number of hydrogen-bond donors (Lipinski definition) is 1. The van der Waals surface area contributed by atoms with Crippen LogP contribution in [0.2, 0.25) is 5.02 Å². The minimum absolute atomic E-state index is 0.162. The summed E-state index contributed by atoms with van der Waals surface area (Å²) in [6.07, 6.45) is -1.05. The highest BCUT2D eigenvalue weighted by atomic mass is 35.5. The molecule has 0 saturated heterocycles. The van der Waals surface area contributed by atoms with Gasteiger partial charge in [0.1, 0.15) is 0 Å². The Morgan fingerprint density at radius 3 is 2.24 bits per heavy atom. The highest BCUT2D eigenvalue weighted by molar-refractivity contribution is 7.91. The fraction of sp³-hybridized carbons (Fsp3) is 0.250. The molecule has 2 aromatic carbocycles. The second kappa shape index (κ2) is 6.18. The molecule has 0 saturated carbocycles. The lowest BCUT2D eigenvalue weighted by molar-refractivity contribution is 0.201. The average Bonchev–Trinajstić information content (AvgIpc) is 2.41. The number of hydrogen-bond acceptors (Lipinski definition) is 3. The van der Waals surface area contributed by atoms with Crippen molar-refractivity contribution >= 4 is 21.4 Å². The number of sulfone groups is 1. The maximum atomic E-state index is 12.3. The van der Waals surface area contributed by atoms with E-state index in [9.17, 15) is 13.5 Å². The molecule has 0 fully saturated rings. The fourth-order valence-corrected chi connectivity index (χ4v) is 3.49. The van der Waals surface area contributed by atoms with Crippen LogP contribution < -0.4 is 0 Å². The van der Waals surface area contributed by atoms with Gasteiger partial charge in [-0.3, -0.25) is 0 Å². The minimum Gasteiger partial charge on any atom is -0.387 e. The SMILES string of the molecule is Cc1ccc(C(O)CS(=O)(=O)c2ccc(Cl)cc2)cc1C. The van der Waals surface area contributed by atoms with Gasteiger partial charge in [0.25, 0.3) is 0 Å². The molecule has 1 N–H and O–H groups in total. The molecule has 5 heteroatoms. The van der Waals surface area contributed by atoms with Crippen molar-refractivity contribution in [2.75, 3.05) is 5.75 Å². The van der Waals surface area contributed by atoms with Gasteiger partial charge in [-0.1, -0.05) is 29.8 Å². The van der Waals surface area contributed by atoms with Gasteiger partial charge in [-0.25, -0.2) is 8.42 Å². The number of rotatable bonds is 4. The molecule has 1 atom stereocenters. The van der Waals surface area contributed by atoms with Gasteiger partial charge in [0, 0.05) is 5.02 Å². The molecule has 21 heavy (non-hydrogen) atoms. The summed E-state index contributed by atoms with van der Waals surface area (Å²) in [5, 5.41) is 10.7. The second-order valence-electron chi connectivity index (χ2n) is 5.09. The van der Waals surface area contributed by atoms with E-state index in [1.807, 2.05) is 26.0 Å². The van der Waals surface area contributed by atoms with E-state index in [4.69, 9.17) is 11.6 Å². The summed E-state index contributed by atoms with van der Waals surface area (Å²) in [7, 11) is -3.56. The molecule has 0 heterocycles. The molecule has 0 bridgehead atoms. The van der Waals surface area contributed by atoms with Crippen molar-refractivity contribution in [3.05, 3.63) is 64.2 Å². The van der Waals surface area contributed by atoms with E-state index in [0.717, 1.165) is 11.1 Å². The van der Waals surface area contributed by atoms with Gasteiger partial charge in [0.15, 0.2) is 9.84 Å². The van der Waals surface area contributed by atoms with Crippen molar-refractivity contribution in [1.29, 1.82) is 0 Å². The van der Waals surface area contributed by atoms with Gasteiger partial charge in [0.2, 0.25) is 0 Å². The summed E-state index contributed by atoms with van der Waals surface area (Å²) in [4.78, 5) is 0.162. The lowest BCUT2D eigenvalue weighted by Crippen LogP contribution is -2.15. The molecule has 3 nitrogen and oxygen atoms in total. The van der Waals surface area contributed by atoms with Gasteiger partial charge in [0.05, 0.1) is 16.8 Å². The van der Waals surface area contributed by atoms with Crippen molar-refractivity contribution in [3.8, 4) is 0 Å². The first kappa shape index (κ1) is 16.0. The molecular formula is C16H17ClO3S. The number of aliphatic hydroxyl groups excluding tert-OH is 1. The van der Waals surface area contributed by atoms with E-state index in [2.05, 4.69) is 0 Å². The normalized spacial score (nSPS) is 13.1. The Kier molecular flexibility index (Phi) is 4.71. The number of halogens is 1. The Hall–Kier alpha value is -1.36. The smallest absolute Gasteiger partial charge is 0.181 e. The largest absolute Gasteiger partial charge is 0.387 e. The third kappa shape index (κ3) is 3.84. The van der Waals surface area contributed by atoms with E-state index in [0.29, 0.717) is 10.6 Å². The summed E-state index contributed by atoms with van der Waals surface area (Å²) < 4.78 is 24.6. The van der Waals surface area contributed by atoms with Crippen LogP contribution in [-0.4, -0.2) is 19.3 Å². The molecule has 2 rings (SSSR count). The van der Waals surface area contributed by atoms with Gasteiger partial charge < -0.3 is 5.11 Å². The van der Waals surface area contributed by atoms with Crippen molar-refractivity contribution < 1.29 is 13.5 Å². The quantitative estimate of drug-likeness (QED) is 0.937. The Bertz CT molecular complexity index is 737. The van der Waals surface area contributed by atoms with Crippen LogP contribution in [0.3, 0.4) is 0 Å². The van der Waals surface area contributed by atoms with E-state index >= 15 is 0 Å². The lowest BCUT2D eigenvalue weighted by Gasteiger charge is -2.13. The first-order chi connectivity index (χ1) is 9.79. The van der Waals surface area contributed by atoms with Crippen LogP contribution in [0.4, 0.5) is 0 Å². The molecular weight excluding hydrogens is 308 g/mol. The van der Waals surface area contributed by atoms with E-state index in [1.165, 1.54) is 24.3 Å². The number of aryl methyl sites for hydroxylation is 2. The highest BCUT2D eigenvalue weighted by Crippen LogP contribution is 2.22. The summed E-state index contributed by atoms with van der Waals surface area (Å²) in [6, 6.07) is 11.4. The van der Waals surface area contributed by atoms with E-state index < -0.39 is 15.9 Å². The summed E-state index contributed by atoms with van der Waals surface area (Å²) in [5.41, 5.74) is 2.73. The zero-order chi connectivity index (χ0) is 15.6. The van der Waals surface area contributed by atoms with Gasteiger partial charge in [-0.15, -0.1) is 0 Å². The summed E-state index contributed by atoms with van der Waals surface area (Å²) in [5.74, 6) is -0.350. The molecule has 0 radical (unpaired) electrons. The van der Waals surface area contributed by atoms with Crippen LogP contribution in [0.15, 0.2) is 47.4 Å². The topological polar surface area (TPSA) is 54.4 Å². The zero-order valence-corrected chi connectivity index (χ0v) is 13.4. The van der Waals surface area contributed by atoms with Crippen LogP contribution in [0.1, 0.15) is 22.8 Å². The molecule has 0 spiro atoms. The molecule has 1 unspecified atom stereocenters. The van der Waals surface area contributed by atoms with Crippen molar-refractivity contribution in [2.45, 2.75) is 24.8 Å². The molecule has 0 aliphatic heterocycles. The highest BCUT2D eigenvalue weighted by Gasteiger charge is 2.21. The lowest BCUT2D eigenvalue weighted by atomic mass is 10.0. The van der Waals surface area contributed by atoms with Crippen LogP contribution >= 0.6 is 11.6 Å². The molecule has 0 aromatic heterocycles. The number of benzene rings is 2. The molecule has 112 valence electrons. The predicted octanol–water partition coefficient (Wildman–Crippen LogP) is 3.46. The third-order valence-corrected chi connectivity index (χ3v) is 5.46. The molecule has 0 aliphatic rings. The van der Waals surface area contributed by atoms with Crippen molar-refractivity contribution in [1.82, 2.24) is 0 Å². The zero-order valence-electron chi connectivity index (χ0n) is 11.9. The predicted molar refractivity (Wildman–Crippen MR) is 84.4 cm³/mol. The summed E-state index contributed by atoms with van der Waals surface area (Å²) >= 11 is 5.75.